The molecule has 0 unspecified atom stereocenters. The van der Waals surface area contributed by atoms with E-state index in [1.54, 1.807) is 6.33 Å². The summed E-state index contributed by atoms with van der Waals surface area (Å²) >= 11 is 1.22. The molecule has 110 valence electrons. The number of amides is 1. The van der Waals surface area contributed by atoms with Crippen molar-refractivity contribution < 1.29 is 19.8 Å². The highest BCUT2D eigenvalue weighted by molar-refractivity contribution is 7.99. The van der Waals surface area contributed by atoms with Crippen LogP contribution in [0, 0.1) is 0 Å². The minimum atomic E-state index is -1.15. The van der Waals surface area contributed by atoms with Gasteiger partial charge in [-0.1, -0.05) is 11.8 Å². The van der Waals surface area contributed by atoms with Gasteiger partial charge in [-0.2, -0.15) is 0 Å². The first-order chi connectivity index (χ1) is 9.61. The van der Waals surface area contributed by atoms with Crippen LogP contribution in [0.25, 0.3) is 0 Å². The first kappa shape index (κ1) is 14.8. The zero-order chi connectivity index (χ0) is 14.5. The second-order valence-electron chi connectivity index (χ2n) is 4.51. The van der Waals surface area contributed by atoms with Crippen LogP contribution in [0.5, 0.6) is 0 Å². The van der Waals surface area contributed by atoms with E-state index < -0.39 is 17.9 Å². The maximum absolute atomic E-state index is 11.7. The summed E-state index contributed by atoms with van der Waals surface area (Å²) in [6, 6.07) is -0.633. The number of thioether (sulfide) groups is 1. The number of carboxylic acid groups (broad SMARTS) is 1. The number of nitrogens with zero attached hydrogens (tertiary/aromatic N) is 3. The van der Waals surface area contributed by atoms with E-state index in [0.717, 1.165) is 12.8 Å². The Morgan fingerprint density at radius 1 is 1.55 bits per heavy atom. The molecule has 3 N–H and O–H groups in total. The molecule has 8 nitrogen and oxygen atoms in total. The first-order valence-corrected chi connectivity index (χ1v) is 7.25. The molecule has 0 spiro atoms. The molecule has 1 saturated carbocycles. The predicted molar refractivity (Wildman–Crippen MR) is 70.3 cm³/mol. The standard InChI is InChI=1S/C11H16N4O4S/c16-4-3-8(10(18)19)13-9(17)5-20-11-14-12-6-15(11)7-1-2-7/h6-8,16H,1-5H2,(H,13,17)(H,18,19)/t8-/m0/s1. The fourth-order valence-electron chi connectivity index (χ4n) is 1.69. The predicted octanol–water partition coefficient (Wildman–Crippen LogP) is -0.343. The van der Waals surface area contributed by atoms with E-state index in [-0.39, 0.29) is 18.8 Å². The third-order valence-corrected chi connectivity index (χ3v) is 3.82. The van der Waals surface area contributed by atoms with Crippen LogP contribution in [0.1, 0.15) is 25.3 Å². The van der Waals surface area contributed by atoms with Crippen LogP contribution in [-0.2, 0) is 9.59 Å². The molecule has 20 heavy (non-hydrogen) atoms. The third-order valence-electron chi connectivity index (χ3n) is 2.86. The number of rotatable bonds is 8. The average molecular weight is 300 g/mol. The van der Waals surface area contributed by atoms with Crippen LogP contribution in [0.2, 0.25) is 0 Å². The number of hydrogen-bond donors (Lipinski definition) is 3. The Labute approximate surface area is 119 Å². The Bertz CT molecular complexity index is 489. The summed E-state index contributed by atoms with van der Waals surface area (Å²) in [6.07, 6.45) is 3.82. The topological polar surface area (TPSA) is 117 Å². The molecule has 0 saturated heterocycles. The number of aromatic nitrogens is 3. The molecule has 1 fully saturated rings. The van der Waals surface area contributed by atoms with Crippen molar-refractivity contribution in [3.05, 3.63) is 6.33 Å². The second-order valence-corrected chi connectivity index (χ2v) is 5.45. The minimum absolute atomic E-state index is 0.00992. The number of carbonyl (C=O) groups is 2. The number of nitrogens with one attached hydrogen (secondary N) is 1. The summed E-state index contributed by atoms with van der Waals surface area (Å²) in [5.74, 6) is -1.49. The van der Waals surface area contributed by atoms with Gasteiger partial charge < -0.3 is 20.1 Å². The summed E-state index contributed by atoms with van der Waals surface area (Å²) in [5, 5.41) is 28.4. The highest BCUT2D eigenvalue weighted by Crippen LogP contribution is 2.37. The SMILES string of the molecule is O=C(CSc1nncn1C1CC1)N[C@@H](CCO)C(=O)O. The van der Waals surface area contributed by atoms with Crippen molar-refractivity contribution in [3.63, 3.8) is 0 Å². The first-order valence-electron chi connectivity index (χ1n) is 6.27. The summed E-state index contributed by atoms with van der Waals surface area (Å²) in [7, 11) is 0. The molecule has 1 amide bonds. The largest absolute Gasteiger partial charge is 0.480 e. The van der Waals surface area contributed by atoms with Crippen molar-refractivity contribution >= 4 is 23.6 Å². The second kappa shape index (κ2) is 6.71. The van der Waals surface area contributed by atoms with Crippen molar-refractivity contribution in [3.8, 4) is 0 Å². The van der Waals surface area contributed by atoms with Crippen LogP contribution in [-0.4, -0.2) is 55.3 Å². The van der Waals surface area contributed by atoms with Gasteiger partial charge in [0.25, 0.3) is 0 Å². The van der Waals surface area contributed by atoms with Crippen LogP contribution in [0.15, 0.2) is 11.5 Å². The number of carboxylic acids is 1. The fourth-order valence-corrected chi connectivity index (χ4v) is 2.48. The van der Waals surface area contributed by atoms with E-state index in [1.165, 1.54) is 11.8 Å². The molecule has 1 aliphatic rings. The lowest BCUT2D eigenvalue weighted by atomic mass is 10.2. The van der Waals surface area contributed by atoms with Gasteiger partial charge in [-0.15, -0.1) is 10.2 Å². The molecule has 9 heteroatoms. The number of carbonyl (C=O) groups excluding carboxylic acids is 1. The van der Waals surface area contributed by atoms with Gasteiger partial charge in [0.15, 0.2) is 5.16 Å². The van der Waals surface area contributed by atoms with Gasteiger partial charge in [0.2, 0.25) is 5.91 Å². The Balaban J connectivity index is 1.82. The third kappa shape index (κ3) is 3.94. The van der Waals surface area contributed by atoms with Gasteiger partial charge in [0.1, 0.15) is 12.4 Å². The average Bonchev–Trinajstić information content (AvgIpc) is 3.14. The number of aliphatic hydroxyl groups excluding tert-OH is 1. The Hall–Kier alpha value is -1.61. The van der Waals surface area contributed by atoms with Crippen LogP contribution < -0.4 is 5.32 Å². The van der Waals surface area contributed by atoms with E-state index in [4.69, 9.17) is 10.2 Å². The zero-order valence-corrected chi connectivity index (χ0v) is 11.5. The molecule has 0 aromatic carbocycles. The van der Waals surface area contributed by atoms with Gasteiger partial charge >= 0.3 is 5.97 Å². The lowest BCUT2D eigenvalue weighted by Crippen LogP contribution is -2.42. The smallest absolute Gasteiger partial charge is 0.326 e. The summed E-state index contributed by atoms with van der Waals surface area (Å²) < 4.78 is 1.93. The highest BCUT2D eigenvalue weighted by Gasteiger charge is 2.26. The van der Waals surface area contributed by atoms with Crippen molar-refractivity contribution in [1.29, 1.82) is 0 Å². The molecule has 0 radical (unpaired) electrons. The van der Waals surface area contributed by atoms with Gasteiger partial charge in [-0.3, -0.25) is 4.79 Å². The molecule has 1 aromatic heterocycles. The van der Waals surface area contributed by atoms with Crippen molar-refractivity contribution in [2.75, 3.05) is 12.4 Å². The van der Waals surface area contributed by atoms with Crippen LogP contribution >= 0.6 is 11.8 Å². The van der Waals surface area contributed by atoms with E-state index in [0.29, 0.717) is 11.2 Å². The molecule has 2 rings (SSSR count). The lowest BCUT2D eigenvalue weighted by Gasteiger charge is -2.12. The van der Waals surface area contributed by atoms with Gasteiger partial charge in [-0.05, 0) is 12.8 Å². The van der Waals surface area contributed by atoms with Crippen LogP contribution in [0.4, 0.5) is 0 Å². The Morgan fingerprint density at radius 2 is 2.30 bits per heavy atom. The molecule has 1 atom stereocenters. The fraction of sp³-hybridized carbons (Fsp3) is 0.636. The van der Waals surface area contributed by atoms with Crippen LogP contribution in [0.3, 0.4) is 0 Å². The molecule has 0 aliphatic heterocycles. The number of hydrogen-bond acceptors (Lipinski definition) is 6. The zero-order valence-electron chi connectivity index (χ0n) is 10.7. The maximum atomic E-state index is 11.7. The molecule has 1 heterocycles. The summed E-state index contributed by atoms with van der Waals surface area (Å²) in [4.78, 5) is 22.5. The molecular formula is C11H16N4O4S. The quantitative estimate of drug-likeness (QED) is 0.562. The van der Waals surface area contributed by atoms with E-state index in [9.17, 15) is 9.59 Å². The highest BCUT2D eigenvalue weighted by atomic mass is 32.2. The molecular weight excluding hydrogens is 284 g/mol. The Morgan fingerprint density at radius 3 is 2.90 bits per heavy atom. The summed E-state index contributed by atoms with van der Waals surface area (Å²) in [6.45, 7) is -0.291. The molecule has 0 bridgehead atoms. The summed E-state index contributed by atoms with van der Waals surface area (Å²) in [5.41, 5.74) is 0. The van der Waals surface area contributed by atoms with E-state index >= 15 is 0 Å². The maximum Gasteiger partial charge on any atom is 0.326 e. The molecule has 1 aliphatic carbocycles. The number of aliphatic hydroxyl groups is 1. The minimum Gasteiger partial charge on any atom is -0.480 e. The van der Waals surface area contributed by atoms with Gasteiger partial charge in [0.05, 0.1) is 5.75 Å². The monoisotopic (exact) mass is 300 g/mol. The van der Waals surface area contributed by atoms with E-state index in [2.05, 4.69) is 15.5 Å². The number of aliphatic carboxylic acids is 1. The van der Waals surface area contributed by atoms with Crippen molar-refractivity contribution in [2.24, 2.45) is 0 Å². The lowest BCUT2D eigenvalue weighted by molar-refractivity contribution is -0.141. The van der Waals surface area contributed by atoms with Crippen molar-refractivity contribution in [1.82, 2.24) is 20.1 Å². The molecule has 1 aromatic rings. The van der Waals surface area contributed by atoms with Crippen molar-refractivity contribution in [2.45, 2.75) is 36.5 Å². The Kier molecular flexibility index (Phi) is 4.96. The van der Waals surface area contributed by atoms with Gasteiger partial charge in [0, 0.05) is 19.1 Å². The van der Waals surface area contributed by atoms with Gasteiger partial charge in [-0.25, -0.2) is 4.79 Å². The normalized spacial score (nSPS) is 15.8. The van der Waals surface area contributed by atoms with E-state index in [1.807, 2.05) is 4.57 Å².